The summed E-state index contributed by atoms with van der Waals surface area (Å²) >= 11 is 12.0. The third kappa shape index (κ3) is 3.49. The van der Waals surface area contributed by atoms with Crippen LogP contribution in [0.2, 0.25) is 5.02 Å². The minimum Gasteiger partial charge on any atom is -0.277 e. The van der Waals surface area contributed by atoms with Crippen molar-refractivity contribution in [3.8, 4) is 0 Å². The molecule has 106 valence electrons. The Bertz CT molecular complexity index is 748. The van der Waals surface area contributed by atoms with Crippen LogP contribution in [0, 0.1) is 5.82 Å². The lowest BCUT2D eigenvalue weighted by Gasteiger charge is -2.11. The van der Waals surface area contributed by atoms with Crippen LogP contribution >= 0.6 is 43.5 Å². The van der Waals surface area contributed by atoms with Crippen molar-refractivity contribution in [1.29, 1.82) is 0 Å². The van der Waals surface area contributed by atoms with E-state index in [-0.39, 0.29) is 20.1 Å². The predicted octanol–water partition coefficient (Wildman–Crippen LogP) is 4.20. The van der Waals surface area contributed by atoms with Crippen molar-refractivity contribution in [1.82, 2.24) is 4.98 Å². The molecule has 1 aromatic carbocycles. The maximum Gasteiger partial charge on any atom is 0.263 e. The maximum absolute atomic E-state index is 13.1. The van der Waals surface area contributed by atoms with E-state index >= 15 is 0 Å². The molecule has 4 nitrogen and oxygen atoms in total. The zero-order valence-corrected chi connectivity index (χ0v) is 14.3. The fraction of sp³-hybridized carbons (Fsp3) is 0. The molecule has 0 atom stereocenters. The number of nitrogens with one attached hydrogen (secondary N) is 1. The molecule has 0 amide bonds. The van der Waals surface area contributed by atoms with Crippen molar-refractivity contribution in [2.75, 3.05) is 4.72 Å². The standard InChI is InChI=1S/C11H6Br2ClFN2O2S/c12-6-1-8(5-16-4-6)20(18,19)17-11-9(13)2-7(15)3-10(11)14/h1-5,17H. The van der Waals surface area contributed by atoms with Crippen LogP contribution in [-0.2, 0) is 10.0 Å². The number of aromatic nitrogens is 1. The van der Waals surface area contributed by atoms with E-state index in [1.165, 1.54) is 18.5 Å². The molecule has 0 fully saturated rings. The van der Waals surface area contributed by atoms with Crippen LogP contribution in [0.1, 0.15) is 0 Å². The Morgan fingerprint density at radius 1 is 1.20 bits per heavy atom. The van der Waals surface area contributed by atoms with Gasteiger partial charge in [-0.3, -0.25) is 9.71 Å². The number of anilines is 1. The second kappa shape index (κ2) is 5.97. The van der Waals surface area contributed by atoms with Gasteiger partial charge in [0.25, 0.3) is 10.0 Å². The summed E-state index contributed by atoms with van der Waals surface area (Å²) < 4.78 is 40.5. The van der Waals surface area contributed by atoms with Gasteiger partial charge in [-0.25, -0.2) is 12.8 Å². The smallest absolute Gasteiger partial charge is 0.263 e. The van der Waals surface area contributed by atoms with Crippen LogP contribution in [0.5, 0.6) is 0 Å². The van der Waals surface area contributed by atoms with Crippen LogP contribution in [0.3, 0.4) is 0 Å². The van der Waals surface area contributed by atoms with Gasteiger partial charge in [0.2, 0.25) is 0 Å². The predicted molar refractivity (Wildman–Crippen MR) is 81.9 cm³/mol. The van der Waals surface area contributed by atoms with Crippen molar-refractivity contribution in [3.63, 3.8) is 0 Å². The highest BCUT2D eigenvalue weighted by molar-refractivity contribution is 9.10. The molecule has 0 saturated heterocycles. The van der Waals surface area contributed by atoms with Gasteiger partial charge >= 0.3 is 0 Å². The Hall–Kier alpha value is -0.700. The van der Waals surface area contributed by atoms with E-state index in [1.54, 1.807) is 0 Å². The van der Waals surface area contributed by atoms with Gasteiger partial charge in [-0.1, -0.05) is 11.6 Å². The molecule has 9 heteroatoms. The Labute approximate surface area is 136 Å². The molecule has 0 aliphatic heterocycles. The summed E-state index contributed by atoms with van der Waals surface area (Å²) in [7, 11) is -3.87. The summed E-state index contributed by atoms with van der Waals surface area (Å²) in [5.41, 5.74) is 0.0630. The van der Waals surface area contributed by atoms with Gasteiger partial charge in [-0.15, -0.1) is 0 Å². The fourth-order valence-electron chi connectivity index (χ4n) is 1.37. The molecule has 20 heavy (non-hydrogen) atoms. The van der Waals surface area contributed by atoms with Crippen molar-refractivity contribution < 1.29 is 12.8 Å². The van der Waals surface area contributed by atoms with Gasteiger partial charge in [0, 0.05) is 21.3 Å². The largest absolute Gasteiger partial charge is 0.277 e. The molecule has 0 aliphatic carbocycles. The molecule has 0 saturated carbocycles. The van der Waals surface area contributed by atoms with E-state index in [4.69, 9.17) is 11.6 Å². The van der Waals surface area contributed by atoms with Crippen LogP contribution < -0.4 is 4.72 Å². The van der Waals surface area contributed by atoms with E-state index < -0.39 is 15.8 Å². The second-order valence-corrected chi connectivity index (χ2v) is 7.55. The third-order valence-electron chi connectivity index (χ3n) is 2.23. The SMILES string of the molecule is O=S(=O)(Nc1c(Cl)cc(F)cc1Br)c1cncc(Br)c1. The monoisotopic (exact) mass is 442 g/mol. The highest BCUT2D eigenvalue weighted by atomic mass is 79.9. The molecule has 0 unspecified atom stereocenters. The molecular formula is C11H6Br2ClFN2O2S. The van der Waals surface area contributed by atoms with Crippen LogP contribution in [0.25, 0.3) is 0 Å². The van der Waals surface area contributed by atoms with E-state index in [9.17, 15) is 12.8 Å². The topological polar surface area (TPSA) is 59.1 Å². The summed E-state index contributed by atoms with van der Waals surface area (Å²) in [5.74, 6) is -0.575. The first kappa shape index (κ1) is 15.7. The lowest BCUT2D eigenvalue weighted by Crippen LogP contribution is -2.14. The summed E-state index contributed by atoms with van der Waals surface area (Å²) in [6.07, 6.45) is 2.65. The highest BCUT2D eigenvalue weighted by Gasteiger charge is 2.19. The number of hydrogen-bond donors (Lipinski definition) is 1. The summed E-state index contributed by atoms with van der Waals surface area (Å²) in [4.78, 5) is 3.74. The van der Waals surface area contributed by atoms with Crippen molar-refractivity contribution in [3.05, 3.63) is 50.4 Å². The number of pyridine rings is 1. The van der Waals surface area contributed by atoms with E-state index in [0.717, 1.165) is 12.1 Å². The molecule has 2 aromatic rings. The Balaban J connectivity index is 2.44. The normalized spacial score (nSPS) is 11.4. The lowest BCUT2D eigenvalue weighted by molar-refractivity contribution is 0.600. The van der Waals surface area contributed by atoms with E-state index in [2.05, 4.69) is 41.6 Å². The molecule has 0 bridgehead atoms. The van der Waals surface area contributed by atoms with Gasteiger partial charge in [0.1, 0.15) is 10.7 Å². The summed E-state index contributed by atoms with van der Waals surface area (Å²) in [6, 6.07) is 3.52. The molecular weight excluding hydrogens is 438 g/mol. The van der Waals surface area contributed by atoms with Crippen LogP contribution in [0.15, 0.2) is 44.4 Å². The molecule has 0 aliphatic rings. The number of halogens is 4. The number of rotatable bonds is 3. The van der Waals surface area contributed by atoms with Gasteiger partial charge in [-0.2, -0.15) is 0 Å². The molecule has 2 rings (SSSR count). The lowest BCUT2D eigenvalue weighted by atomic mass is 10.3. The Kier molecular flexibility index (Phi) is 4.68. The number of hydrogen-bond acceptors (Lipinski definition) is 3. The molecule has 1 heterocycles. The third-order valence-corrected chi connectivity index (χ3v) is 4.91. The maximum atomic E-state index is 13.1. The molecule has 1 N–H and O–H groups in total. The molecule has 0 spiro atoms. The van der Waals surface area contributed by atoms with Gasteiger partial charge in [0.05, 0.1) is 10.7 Å². The first-order chi connectivity index (χ1) is 9.29. The second-order valence-electron chi connectivity index (χ2n) is 3.69. The average Bonchev–Trinajstić information content (AvgIpc) is 2.34. The number of nitrogens with zero attached hydrogens (tertiary/aromatic N) is 1. The van der Waals surface area contributed by atoms with Gasteiger partial charge in [-0.05, 0) is 50.1 Å². The number of sulfonamides is 1. The van der Waals surface area contributed by atoms with Crippen molar-refractivity contribution in [2.45, 2.75) is 4.90 Å². The number of benzene rings is 1. The fourth-order valence-corrected chi connectivity index (χ4v) is 4.06. The van der Waals surface area contributed by atoms with Crippen LogP contribution in [0.4, 0.5) is 10.1 Å². The first-order valence-corrected chi connectivity index (χ1v) is 8.52. The summed E-state index contributed by atoms with van der Waals surface area (Å²) in [6.45, 7) is 0. The van der Waals surface area contributed by atoms with E-state index in [0.29, 0.717) is 4.47 Å². The quantitative estimate of drug-likeness (QED) is 0.772. The minimum absolute atomic E-state index is 0.0424. The van der Waals surface area contributed by atoms with Gasteiger partial charge < -0.3 is 0 Å². The Morgan fingerprint density at radius 3 is 2.50 bits per heavy atom. The van der Waals surface area contributed by atoms with Crippen molar-refractivity contribution >= 4 is 59.2 Å². The van der Waals surface area contributed by atoms with Crippen LogP contribution in [-0.4, -0.2) is 13.4 Å². The molecule has 1 aromatic heterocycles. The zero-order chi connectivity index (χ0) is 14.9. The Morgan fingerprint density at radius 2 is 1.90 bits per heavy atom. The molecule has 0 radical (unpaired) electrons. The van der Waals surface area contributed by atoms with Crippen molar-refractivity contribution in [2.24, 2.45) is 0 Å². The first-order valence-electron chi connectivity index (χ1n) is 5.07. The van der Waals surface area contributed by atoms with Gasteiger partial charge in [0.15, 0.2) is 0 Å². The van der Waals surface area contributed by atoms with E-state index in [1.807, 2.05) is 0 Å². The average molecular weight is 445 g/mol. The zero-order valence-electron chi connectivity index (χ0n) is 9.57. The summed E-state index contributed by atoms with van der Waals surface area (Å²) in [5, 5.41) is -0.0524. The highest BCUT2D eigenvalue weighted by Crippen LogP contribution is 2.33. The minimum atomic E-state index is -3.87.